The van der Waals surface area contributed by atoms with Crippen LogP contribution in [0.2, 0.25) is 0 Å². The number of halogens is 1. The average molecular weight is 404 g/mol. The van der Waals surface area contributed by atoms with Gasteiger partial charge in [0.2, 0.25) is 0 Å². The Balaban J connectivity index is 0.000000203. The fraction of sp³-hybridized carbons (Fsp3) is 0.333. The van der Waals surface area contributed by atoms with Crippen molar-refractivity contribution in [3.8, 4) is 0 Å². The molecular weight excluding hydrogens is 379 g/mol. The minimum Gasteiger partial charge on any atom is -0.122 e. The molecule has 0 fully saturated rings. The Kier molecular flexibility index (Phi) is 8.34. The molecule has 2 heteroatoms. The van der Waals surface area contributed by atoms with Crippen molar-refractivity contribution in [3.63, 3.8) is 0 Å². The van der Waals surface area contributed by atoms with Crippen molar-refractivity contribution < 1.29 is 23.2 Å². The Hall–Kier alpha value is -0.647. The van der Waals surface area contributed by atoms with Gasteiger partial charge in [0.1, 0.15) is 0 Å². The largest absolute Gasteiger partial charge is 0.122 e. The van der Waals surface area contributed by atoms with Crippen LogP contribution in [0.4, 0.5) is 0 Å². The third kappa shape index (κ3) is 5.73. The van der Waals surface area contributed by atoms with Crippen molar-refractivity contribution in [2.75, 3.05) is 0 Å². The second-order valence-electron chi connectivity index (χ2n) is 5.67. The molecule has 0 atom stereocenters. The van der Waals surface area contributed by atoms with E-state index in [9.17, 15) is 0 Å². The van der Waals surface area contributed by atoms with Crippen LogP contribution in [0.25, 0.3) is 0 Å². The Morgan fingerprint density at radius 1 is 0.870 bits per heavy atom. The van der Waals surface area contributed by atoms with Crippen molar-refractivity contribution in [3.05, 3.63) is 77.9 Å². The first kappa shape index (κ1) is 18.7. The summed E-state index contributed by atoms with van der Waals surface area (Å²) >= 11 is 5.11. The Bertz CT molecular complexity index is 585. The van der Waals surface area contributed by atoms with Gasteiger partial charge in [0.25, 0.3) is 0 Å². The van der Waals surface area contributed by atoms with Gasteiger partial charge in [-0.1, -0.05) is 30.3 Å². The van der Waals surface area contributed by atoms with E-state index in [0.29, 0.717) is 5.88 Å². The smallest absolute Gasteiger partial charge is 0.0474 e. The molecule has 0 bridgehead atoms. The van der Waals surface area contributed by atoms with E-state index < -0.39 is 23.2 Å². The van der Waals surface area contributed by atoms with E-state index in [1.54, 1.807) is 11.1 Å². The summed E-state index contributed by atoms with van der Waals surface area (Å²) in [6.07, 6.45) is 14.4. The van der Waals surface area contributed by atoms with Crippen LogP contribution in [0.15, 0.2) is 72.3 Å². The van der Waals surface area contributed by atoms with Crippen molar-refractivity contribution >= 4 is 11.6 Å². The summed E-state index contributed by atoms with van der Waals surface area (Å²) in [6.45, 7) is 4.57. The van der Waals surface area contributed by atoms with Gasteiger partial charge in [-0.2, -0.15) is 0 Å². The van der Waals surface area contributed by atoms with Crippen LogP contribution in [-0.4, -0.2) is 0 Å². The third-order valence-corrected chi connectivity index (χ3v) is 8.49. The van der Waals surface area contributed by atoms with Gasteiger partial charge in [0, 0.05) is 5.88 Å². The van der Waals surface area contributed by atoms with E-state index in [1.165, 1.54) is 31.2 Å². The standard InChI is InChI=1S/C7H7Cl.2C7H9.Zr/c8-6-7-4-2-1-3-5-7;2*1-2-7-5-3-4-6-7;/h1-5H,6H2;2*3,5H,2,4H2,1H3;. The normalized spacial score (nSPS) is 16.0. The number of benzene rings is 1. The molecule has 0 aliphatic heterocycles. The minimum atomic E-state index is -0.417. The molecule has 2 aliphatic rings. The maximum atomic E-state index is 5.53. The van der Waals surface area contributed by atoms with Gasteiger partial charge in [-0.15, -0.1) is 11.6 Å². The molecule has 1 aromatic rings. The molecule has 2 aliphatic carbocycles. The number of hydrogen-bond donors (Lipinski definition) is 0. The summed E-state index contributed by atoms with van der Waals surface area (Å²) < 4.78 is 3.65. The monoisotopic (exact) mass is 402 g/mol. The zero-order chi connectivity index (χ0) is 16.5. The molecule has 0 radical (unpaired) electrons. The first-order valence-electron chi connectivity index (χ1n) is 8.42. The fourth-order valence-corrected chi connectivity index (χ4v) is 7.00. The summed E-state index contributed by atoms with van der Waals surface area (Å²) in [6, 6.07) is 9.96. The van der Waals surface area contributed by atoms with Crippen LogP contribution in [0.1, 0.15) is 45.1 Å². The van der Waals surface area contributed by atoms with Gasteiger partial charge in [0.15, 0.2) is 0 Å². The molecule has 3 rings (SSSR count). The van der Waals surface area contributed by atoms with Gasteiger partial charge >= 0.3 is 105 Å². The van der Waals surface area contributed by atoms with Crippen molar-refractivity contribution in [2.24, 2.45) is 0 Å². The predicted octanol–water partition coefficient (Wildman–Crippen LogP) is 6.74. The summed E-state index contributed by atoms with van der Waals surface area (Å²) in [5.41, 5.74) is 4.47. The average Bonchev–Trinajstić information content (AvgIpc) is 3.25. The molecule has 0 saturated carbocycles. The maximum Gasteiger partial charge on any atom is 0.0474 e. The molecule has 0 aromatic heterocycles. The van der Waals surface area contributed by atoms with Gasteiger partial charge in [0.05, 0.1) is 0 Å². The Labute approximate surface area is 157 Å². The van der Waals surface area contributed by atoms with Gasteiger partial charge in [-0.3, -0.25) is 0 Å². The summed E-state index contributed by atoms with van der Waals surface area (Å²) in [4.78, 5) is 0. The number of rotatable bonds is 5. The topological polar surface area (TPSA) is 0 Å². The van der Waals surface area contributed by atoms with Crippen LogP contribution in [0.5, 0.6) is 0 Å². The molecule has 0 nitrogen and oxygen atoms in total. The van der Waals surface area contributed by atoms with E-state index in [2.05, 4.69) is 38.2 Å². The van der Waals surface area contributed by atoms with Crippen LogP contribution in [0.3, 0.4) is 0 Å². The Morgan fingerprint density at radius 3 is 1.78 bits per heavy atom. The second-order valence-corrected chi connectivity index (χ2v) is 9.52. The molecule has 1 aromatic carbocycles. The SMILES string of the molecule is CCC1=[C]([Zr][C]2=C(CC)C=CC2)CC=C1.ClCc1ccccc1. The van der Waals surface area contributed by atoms with Crippen LogP contribution >= 0.6 is 11.6 Å². The van der Waals surface area contributed by atoms with Crippen LogP contribution in [-0.2, 0) is 29.1 Å². The minimum absolute atomic E-state index is 0.417. The number of allylic oxidation sites excluding steroid dienone is 8. The molecular formula is C21H25ClZr. The zero-order valence-electron chi connectivity index (χ0n) is 14.1. The molecule has 0 N–H and O–H groups in total. The van der Waals surface area contributed by atoms with Gasteiger partial charge in [-0.25, -0.2) is 0 Å². The van der Waals surface area contributed by atoms with Gasteiger partial charge < -0.3 is 0 Å². The van der Waals surface area contributed by atoms with E-state index >= 15 is 0 Å². The van der Waals surface area contributed by atoms with E-state index in [0.717, 1.165) is 0 Å². The molecule has 0 spiro atoms. The maximum absolute atomic E-state index is 5.53. The number of hydrogen-bond acceptors (Lipinski definition) is 0. The molecule has 120 valence electrons. The molecule has 0 amide bonds. The molecule has 23 heavy (non-hydrogen) atoms. The van der Waals surface area contributed by atoms with Crippen molar-refractivity contribution in [1.29, 1.82) is 0 Å². The van der Waals surface area contributed by atoms with Crippen LogP contribution < -0.4 is 0 Å². The first-order valence-corrected chi connectivity index (χ1v) is 11.4. The fourth-order valence-electron chi connectivity index (χ4n) is 2.78. The molecule has 0 saturated heterocycles. The summed E-state index contributed by atoms with van der Waals surface area (Å²) in [5.74, 6) is 0.612. The first-order chi connectivity index (χ1) is 11.3. The van der Waals surface area contributed by atoms with Crippen molar-refractivity contribution in [1.82, 2.24) is 0 Å². The Morgan fingerprint density at radius 2 is 1.39 bits per heavy atom. The van der Waals surface area contributed by atoms with E-state index in [4.69, 9.17) is 11.6 Å². The second kappa shape index (κ2) is 10.3. The quantitative estimate of drug-likeness (QED) is 0.477. The molecule has 0 unspecified atom stereocenters. The van der Waals surface area contributed by atoms with Crippen LogP contribution in [0, 0.1) is 0 Å². The van der Waals surface area contributed by atoms with Crippen molar-refractivity contribution in [2.45, 2.75) is 45.4 Å². The summed E-state index contributed by atoms with van der Waals surface area (Å²) in [5, 5.41) is 0. The van der Waals surface area contributed by atoms with E-state index in [-0.39, 0.29) is 0 Å². The number of alkyl halides is 1. The third-order valence-electron chi connectivity index (χ3n) is 4.12. The summed E-state index contributed by atoms with van der Waals surface area (Å²) in [7, 11) is 0. The van der Waals surface area contributed by atoms with E-state index in [1.807, 2.05) is 36.9 Å². The zero-order valence-corrected chi connectivity index (χ0v) is 17.3. The van der Waals surface area contributed by atoms with Gasteiger partial charge in [-0.05, 0) is 5.56 Å². The predicted molar refractivity (Wildman–Crippen MR) is 98.1 cm³/mol. The molecule has 0 heterocycles.